The molecule has 0 atom stereocenters. The van der Waals surface area contributed by atoms with Gasteiger partial charge in [0.25, 0.3) is 10.0 Å². The molecule has 31 heavy (non-hydrogen) atoms. The summed E-state index contributed by atoms with van der Waals surface area (Å²) < 4.78 is 38.5. The molecule has 3 rings (SSSR count). The molecule has 7 nitrogen and oxygen atoms in total. The van der Waals surface area contributed by atoms with Crippen LogP contribution in [0.15, 0.2) is 83.8 Å². The van der Waals surface area contributed by atoms with Gasteiger partial charge in [-0.3, -0.25) is 9.10 Å². The Morgan fingerprint density at radius 1 is 0.903 bits per heavy atom. The molecule has 3 aromatic rings. The second-order valence-corrected chi connectivity index (χ2v) is 8.49. The maximum Gasteiger partial charge on any atom is 0.264 e. The lowest BCUT2D eigenvalue weighted by Gasteiger charge is -2.26. The van der Waals surface area contributed by atoms with E-state index in [0.29, 0.717) is 12.3 Å². The summed E-state index contributed by atoms with van der Waals surface area (Å²) in [4.78, 5) is 12.8. The van der Waals surface area contributed by atoms with E-state index in [9.17, 15) is 13.2 Å². The largest absolute Gasteiger partial charge is 0.497 e. The summed E-state index contributed by atoms with van der Waals surface area (Å²) >= 11 is 0. The summed E-state index contributed by atoms with van der Waals surface area (Å²) in [5, 5.41) is 2.77. The molecule has 1 amide bonds. The van der Waals surface area contributed by atoms with Crippen molar-refractivity contribution in [2.24, 2.45) is 0 Å². The predicted molar refractivity (Wildman–Crippen MR) is 119 cm³/mol. The van der Waals surface area contributed by atoms with Gasteiger partial charge >= 0.3 is 0 Å². The van der Waals surface area contributed by atoms with Crippen molar-refractivity contribution in [3.05, 3.63) is 84.4 Å². The monoisotopic (exact) mass is 440 g/mol. The summed E-state index contributed by atoms with van der Waals surface area (Å²) in [6.45, 7) is -0.120. The van der Waals surface area contributed by atoms with Gasteiger partial charge in [-0.2, -0.15) is 0 Å². The zero-order chi connectivity index (χ0) is 22.3. The summed E-state index contributed by atoms with van der Waals surface area (Å²) in [6, 6.07) is 22.1. The molecule has 0 aliphatic heterocycles. The summed E-state index contributed by atoms with van der Waals surface area (Å²) in [5.41, 5.74) is 1.15. The second-order valence-electron chi connectivity index (χ2n) is 6.62. The van der Waals surface area contributed by atoms with Crippen molar-refractivity contribution in [1.82, 2.24) is 5.32 Å². The lowest BCUT2D eigenvalue weighted by atomic mass is 10.2. The molecule has 0 aromatic heterocycles. The van der Waals surface area contributed by atoms with Crippen LogP contribution in [0, 0.1) is 0 Å². The minimum atomic E-state index is -4.03. The molecule has 0 bridgehead atoms. The maximum absolute atomic E-state index is 13.4. The van der Waals surface area contributed by atoms with E-state index in [2.05, 4.69) is 5.32 Å². The Balaban J connectivity index is 1.94. The van der Waals surface area contributed by atoms with E-state index in [1.165, 1.54) is 26.4 Å². The molecule has 3 aromatic carbocycles. The molecule has 0 heterocycles. The molecule has 0 radical (unpaired) electrons. The third-order valence-electron chi connectivity index (χ3n) is 4.61. The first-order chi connectivity index (χ1) is 15.0. The Hall–Kier alpha value is -3.52. The number of rotatable bonds is 9. The Labute approximate surface area is 182 Å². The smallest absolute Gasteiger partial charge is 0.264 e. The van der Waals surface area contributed by atoms with E-state index in [0.717, 1.165) is 9.87 Å². The number of hydrogen-bond donors (Lipinski definition) is 1. The van der Waals surface area contributed by atoms with E-state index >= 15 is 0 Å². The molecule has 0 aliphatic rings. The first-order valence-electron chi connectivity index (χ1n) is 9.56. The predicted octanol–water partition coefficient (Wildman–Crippen LogP) is 3.22. The van der Waals surface area contributed by atoms with Gasteiger partial charge in [-0.1, -0.05) is 48.5 Å². The van der Waals surface area contributed by atoms with Crippen molar-refractivity contribution < 1.29 is 22.7 Å². The standard InChI is InChI=1S/C23H24N2O5S/c1-29-19-13-14-21(22(15-19)30-2)25(31(27,28)20-11-7-4-8-12-20)17-23(26)24-16-18-9-5-3-6-10-18/h3-15H,16-17H2,1-2H3,(H,24,26). The van der Waals surface area contributed by atoms with Crippen molar-refractivity contribution >= 4 is 21.6 Å². The van der Waals surface area contributed by atoms with E-state index in [4.69, 9.17) is 9.47 Å². The van der Waals surface area contributed by atoms with Gasteiger partial charge in [0, 0.05) is 12.6 Å². The minimum absolute atomic E-state index is 0.0729. The Morgan fingerprint density at radius 3 is 2.16 bits per heavy atom. The fourth-order valence-corrected chi connectivity index (χ4v) is 4.45. The number of carbonyl (C=O) groups is 1. The van der Waals surface area contributed by atoms with Crippen LogP contribution in [0.2, 0.25) is 0 Å². The molecular weight excluding hydrogens is 416 g/mol. The number of nitrogens with zero attached hydrogens (tertiary/aromatic N) is 1. The molecule has 162 valence electrons. The van der Waals surface area contributed by atoms with Crippen LogP contribution in [-0.4, -0.2) is 35.1 Å². The van der Waals surface area contributed by atoms with E-state index in [1.54, 1.807) is 36.4 Å². The van der Waals surface area contributed by atoms with Crippen LogP contribution in [0.25, 0.3) is 0 Å². The van der Waals surface area contributed by atoms with Gasteiger partial charge in [-0.25, -0.2) is 8.42 Å². The number of hydrogen-bond acceptors (Lipinski definition) is 5. The number of carbonyl (C=O) groups excluding carboxylic acids is 1. The van der Waals surface area contributed by atoms with Crippen molar-refractivity contribution in [2.45, 2.75) is 11.4 Å². The number of methoxy groups -OCH3 is 2. The van der Waals surface area contributed by atoms with E-state index in [1.807, 2.05) is 30.3 Å². The molecule has 0 spiro atoms. The number of amides is 1. The fourth-order valence-electron chi connectivity index (χ4n) is 2.99. The Bertz CT molecular complexity index is 1120. The average molecular weight is 441 g/mol. The van der Waals surface area contributed by atoms with Gasteiger partial charge in [0.2, 0.25) is 5.91 Å². The van der Waals surface area contributed by atoms with Crippen LogP contribution in [0.5, 0.6) is 11.5 Å². The van der Waals surface area contributed by atoms with Crippen molar-refractivity contribution in [2.75, 3.05) is 25.1 Å². The fraction of sp³-hybridized carbons (Fsp3) is 0.174. The highest BCUT2D eigenvalue weighted by Crippen LogP contribution is 2.35. The second kappa shape index (κ2) is 9.99. The molecule has 1 N–H and O–H groups in total. The maximum atomic E-state index is 13.4. The number of anilines is 1. The zero-order valence-corrected chi connectivity index (χ0v) is 18.1. The van der Waals surface area contributed by atoms with Gasteiger partial charge in [0.05, 0.1) is 24.8 Å². The summed E-state index contributed by atoms with van der Waals surface area (Å²) in [5.74, 6) is 0.335. The van der Waals surface area contributed by atoms with Gasteiger partial charge in [0.15, 0.2) is 0 Å². The van der Waals surface area contributed by atoms with Crippen LogP contribution in [0.4, 0.5) is 5.69 Å². The van der Waals surface area contributed by atoms with Gasteiger partial charge in [0.1, 0.15) is 18.0 Å². The van der Waals surface area contributed by atoms with Gasteiger partial charge in [-0.05, 0) is 29.8 Å². The molecular formula is C23H24N2O5S. The quantitative estimate of drug-likeness (QED) is 0.552. The SMILES string of the molecule is COc1ccc(N(CC(=O)NCc2ccccc2)S(=O)(=O)c2ccccc2)c(OC)c1. The highest BCUT2D eigenvalue weighted by Gasteiger charge is 2.29. The van der Waals surface area contributed by atoms with Gasteiger partial charge in [-0.15, -0.1) is 0 Å². The molecule has 0 unspecified atom stereocenters. The number of benzene rings is 3. The Kier molecular flexibility index (Phi) is 7.15. The normalized spacial score (nSPS) is 10.9. The average Bonchev–Trinajstić information content (AvgIpc) is 2.82. The van der Waals surface area contributed by atoms with Crippen LogP contribution in [0.3, 0.4) is 0 Å². The summed E-state index contributed by atoms with van der Waals surface area (Å²) in [6.07, 6.45) is 0. The molecule has 8 heteroatoms. The van der Waals surface area contributed by atoms with Crippen LogP contribution >= 0.6 is 0 Å². The molecule has 0 aliphatic carbocycles. The van der Waals surface area contributed by atoms with Gasteiger partial charge < -0.3 is 14.8 Å². The molecule has 0 fully saturated rings. The third-order valence-corrected chi connectivity index (χ3v) is 6.38. The van der Waals surface area contributed by atoms with Crippen molar-refractivity contribution in [3.63, 3.8) is 0 Å². The first-order valence-corrected chi connectivity index (χ1v) is 11.0. The highest BCUT2D eigenvalue weighted by atomic mass is 32.2. The highest BCUT2D eigenvalue weighted by molar-refractivity contribution is 7.92. The third kappa shape index (κ3) is 5.35. The number of nitrogens with one attached hydrogen (secondary N) is 1. The van der Waals surface area contributed by atoms with Crippen LogP contribution in [0.1, 0.15) is 5.56 Å². The van der Waals surface area contributed by atoms with Crippen molar-refractivity contribution in [3.8, 4) is 11.5 Å². The van der Waals surface area contributed by atoms with E-state index in [-0.39, 0.29) is 16.3 Å². The van der Waals surface area contributed by atoms with E-state index < -0.39 is 22.5 Å². The van der Waals surface area contributed by atoms with Crippen LogP contribution in [-0.2, 0) is 21.4 Å². The lowest BCUT2D eigenvalue weighted by Crippen LogP contribution is -2.40. The first kappa shape index (κ1) is 22.2. The number of ether oxygens (including phenoxy) is 2. The molecule has 0 saturated heterocycles. The Morgan fingerprint density at radius 2 is 1.55 bits per heavy atom. The lowest BCUT2D eigenvalue weighted by molar-refractivity contribution is -0.119. The topological polar surface area (TPSA) is 84.9 Å². The minimum Gasteiger partial charge on any atom is -0.497 e. The van der Waals surface area contributed by atoms with Crippen LogP contribution < -0.4 is 19.1 Å². The zero-order valence-electron chi connectivity index (χ0n) is 17.3. The van der Waals surface area contributed by atoms with Crippen molar-refractivity contribution in [1.29, 1.82) is 0 Å². The number of sulfonamides is 1. The summed E-state index contributed by atoms with van der Waals surface area (Å²) in [7, 11) is -1.10. The molecule has 0 saturated carbocycles.